The van der Waals surface area contributed by atoms with Crippen molar-refractivity contribution < 1.29 is 4.74 Å². The molecule has 118 valence electrons. The van der Waals surface area contributed by atoms with Gasteiger partial charge in [-0.3, -0.25) is 0 Å². The third kappa shape index (κ3) is 6.06. The van der Waals surface area contributed by atoms with Crippen molar-refractivity contribution in [1.29, 1.82) is 0 Å². The second-order valence-electron chi connectivity index (χ2n) is 6.30. The van der Waals surface area contributed by atoms with Gasteiger partial charge in [0.15, 0.2) is 0 Å². The highest BCUT2D eigenvalue weighted by molar-refractivity contribution is 5.27. The summed E-state index contributed by atoms with van der Waals surface area (Å²) in [6.07, 6.45) is 8.03. The Morgan fingerprint density at radius 2 is 1.86 bits per heavy atom. The van der Waals surface area contributed by atoms with Crippen molar-refractivity contribution in [1.82, 2.24) is 4.90 Å². The van der Waals surface area contributed by atoms with Gasteiger partial charge in [0.1, 0.15) is 12.4 Å². The van der Waals surface area contributed by atoms with E-state index in [0.717, 1.165) is 31.2 Å². The molecular formula is C18H30N2O. The molecule has 2 rings (SSSR count). The van der Waals surface area contributed by atoms with Gasteiger partial charge in [-0.2, -0.15) is 0 Å². The first-order chi connectivity index (χ1) is 10.3. The molecule has 0 aliphatic heterocycles. The molecule has 1 aromatic rings. The molecule has 1 saturated carbocycles. The largest absolute Gasteiger partial charge is 0.492 e. The highest BCUT2D eigenvalue weighted by Gasteiger charge is 2.15. The predicted molar refractivity (Wildman–Crippen MR) is 88.8 cm³/mol. The van der Waals surface area contributed by atoms with Crippen LogP contribution in [-0.2, 0) is 6.42 Å². The molecule has 2 N–H and O–H groups in total. The van der Waals surface area contributed by atoms with Gasteiger partial charge < -0.3 is 15.4 Å². The van der Waals surface area contributed by atoms with Gasteiger partial charge in [-0.1, -0.05) is 31.4 Å². The van der Waals surface area contributed by atoms with Gasteiger partial charge in [-0.25, -0.2) is 0 Å². The molecule has 0 heterocycles. The molecule has 0 atom stereocenters. The fraction of sp³-hybridized carbons (Fsp3) is 0.667. The molecular weight excluding hydrogens is 260 g/mol. The molecule has 3 heteroatoms. The molecule has 0 unspecified atom stereocenters. The fourth-order valence-corrected chi connectivity index (χ4v) is 3.14. The highest BCUT2D eigenvalue weighted by atomic mass is 16.5. The average molecular weight is 290 g/mol. The lowest BCUT2D eigenvalue weighted by atomic mass is 9.89. The standard InChI is InChI=1S/C18H30N2O/c1-20(15-17-5-3-2-4-6-17)13-14-21-18-9-7-16(8-10-18)11-12-19/h7-10,17H,2-6,11-15,19H2,1H3. The van der Waals surface area contributed by atoms with E-state index in [0.29, 0.717) is 6.54 Å². The third-order valence-electron chi connectivity index (χ3n) is 4.39. The summed E-state index contributed by atoms with van der Waals surface area (Å²) >= 11 is 0. The summed E-state index contributed by atoms with van der Waals surface area (Å²) in [4.78, 5) is 2.42. The van der Waals surface area contributed by atoms with E-state index in [1.54, 1.807) is 0 Å². The third-order valence-corrected chi connectivity index (χ3v) is 4.39. The van der Waals surface area contributed by atoms with Crippen LogP contribution >= 0.6 is 0 Å². The van der Waals surface area contributed by atoms with Crippen LogP contribution in [-0.4, -0.2) is 38.2 Å². The van der Waals surface area contributed by atoms with Crippen molar-refractivity contribution in [2.45, 2.75) is 38.5 Å². The minimum atomic E-state index is 0.701. The molecule has 1 aromatic carbocycles. The van der Waals surface area contributed by atoms with Gasteiger partial charge >= 0.3 is 0 Å². The molecule has 1 aliphatic rings. The molecule has 0 spiro atoms. The van der Waals surface area contributed by atoms with Crippen LogP contribution in [0.3, 0.4) is 0 Å². The molecule has 0 bridgehead atoms. The summed E-state index contributed by atoms with van der Waals surface area (Å²) in [5, 5.41) is 0. The Morgan fingerprint density at radius 3 is 2.52 bits per heavy atom. The van der Waals surface area contributed by atoms with Crippen LogP contribution in [0.25, 0.3) is 0 Å². The van der Waals surface area contributed by atoms with Crippen LogP contribution in [0.2, 0.25) is 0 Å². The normalized spacial score (nSPS) is 16.3. The van der Waals surface area contributed by atoms with Gasteiger partial charge in [0.2, 0.25) is 0 Å². The number of hydrogen-bond acceptors (Lipinski definition) is 3. The summed E-state index contributed by atoms with van der Waals surface area (Å²) in [5.41, 5.74) is 6.83. The Labute approximate surface area is 129 Å². The first-order valence-corrected chi connectivity index (χ1v) is 8.38. The quantitative estimate of drug-likeness (QED) is 0.799. The number of rotatable bonds is 8. The SMILES string of the molecule is CN(CCOc1ccc(CCN)cc1)CC1CCCCC1. The lowest BCUT2D eigenvalue weighted by molar-refractivity contribution is 0.195. The van der Waals surface area contributed by atoms with Gasteiger partial charge in [-0.05, 0) is 56.5 Å². The molecule has 0 radical (unpaired) electrons. The molecule has 1 aliphatic carbocycles. The first kappa shape index (κ1) is 16.3. The Balaban J connectivity index is 1.63. The maximum Gasteiger partial charge on any atom is 0.119 e. The number of nitrogens with two attached hydrogens (primary N) is 1. The van der Waals surface area contributed by atoms with Crippen LogP contribution in [0.4, 0.5) is 0 Å². The highest BCUT2D eigenvalue weighted by Crippen LogP contribution is 2.24. The zero-order chi connectivity index (χ0) is 14.9. The maximum atomic E-state index is 5.83. The van der Waals surface area contributed by atoms with Crippen LogP contribution in [0, 0.1) is 5.92 Å². The number of nitrogens with zero attached hydrogens (tertiary/aromatic N) is 1. The van der Waals surface area contributed by atoms with E-state index in [9.17, 15) is 0 Å². The molecule has 0 aromatic heterocycles. The van der Waals surface area contributed by atoms with Crippen LogP contribution in [0.1, 0.15) is 37.7 Å². The second kappa shape index (κ2) is 9.06. The van der Waals surface area contributed by atoms with E-state index in [2.05, 4.69) is 24.1 Å². The Hall–Kier alpha value is -1.06. The van der Waals surface area contributed by atoms with Crippen LogP contribution < -0.4 is 10.5 Å². The summed E-state index contributed by atoms with van der Waals surface area (Å²) < 4.78 is 5.83. The number of benzene rings is 1. The zero-order valence-corrected chi connectivity index (χ0v) is 13.4. The van der Waals surface area contributed by atoms with Crippen LogP contribution in [0.15, 0.2) is 24.3 Å². The molecule has 3 nitrogen and oxygen atoms in total. The van der Waals surface area contributed by atoms with E-state index in [1.807, 2.05) is 12.1 Å². The van der Waals surface area contributed by atoms with Crippen molar-refractivity contribution in [3.05, 3.63) is 29.8 Å². The van der Waals surface area contributed by atoms with E-state index in [4.69, 9.17) is 10.5 Å². The first-order valence-electron chi connectivity index (χ1n) is 8.38. The van der Waals surface area contributed by atoms with Crippen molar-refractivity contribution in [3.8, 4) is 5.75 Å². The summed E-state index contributed by atoms with van der Waals surface area (Å²) in [6.45, 7) is 3.69. The Kier molecular flexibility index (Phi) is 7.04. The van der Waals surface area contributed by atoms with Crippen molar-refractivity contribution in [2.24, 2.45) is 11.7 Å². The van der Waals surface area contributed by atoms with Gasteiger partial charge in [0.05, 0.1) is 0 Å². The maximum absolute atomic E-state index is 5.83. The molecule has 1 fully saturated rings. The lowest BCUT2D eigenvalue weighted by Crippen LogP contribution is -2.30. The predicted octanol–water partition coefficient (Wildman–Crippen LogP) is 3.08. The van der Waals surface area contributed by atoms with Crippen molar-refractivity contribution >= 4 is 0 Å². The van der Waals surface area contributed by atoms with E-state index in [-0.39, 0.29) is 0 Å². The van der Waals surface area contributed by atoms with E-state index in [1.165, 1.54) is 44.2 Å². The molecule has 0 saturated heterocycles. The minimum absolute atomic E-state index is 0.701. The smallest absolute Gasteiger partial charge is 0.119 e. The monoisotopic (exact) mass is 290 g/mol. The fourth-order valence-electron chi connectivity index (χ4n) is 3.14. The van der Waals surface area contributed by atoms with Gasteiger partial charge in [0.25, 0.3) is 0 Å². The topological polar surface area (TPSA) is 38.5 Å². The van der Waals surface area contributed by atoms with Gasteiger partial charge in [0, 0.05) is 13.1 Å². The minimum Gasteiger partial charge on any atom is -0.492 e. The van der Waals surface area contributed by atoms with Crippen molar-refractivity contribution in [3.63, 3.8) is 0 Å². The number of ether oxygens (including phenoxy) is 1. The summed E-state index contributed by atoms with van der Waals surface area (Å²) in [6, 6.07) is 8.31. The summed E-state index contributed by atoms with van der Waals surface area (Å²) in [7, 11) is 2.21. The summed E-state index contributed by atoms with van der Waals surface area (Å²) in [5.74, 6) is 1.86. The lowest BCUT2D eigenvalue weighted by Gasteiger charge is -2.26. The molecule has 0 amide bonds. The van der Waals surface area contributed by atoms with E-state index < -0.39 is 0 Å². The average Bonchev–Trinajstić information content (AvgIpc) is 2.50. The van der Waals surface area contributed by atoms with Crippen LogP contribution in [0.5, 0.6) is 5.75 Å². The van der Waals surface area contributed by atoms with E-state index >= 15 is 0 Å². The second-order valence-corrected chi connectivity index (χ2v) is 6.30. The van der Waals surface area contributed by atoms with Crippen molar-refractivity contribution in [2.75, 3.05) is 33.3 Å². The number of likely N-dealkylation sites (N-methyl/N-ethyl adjacent to an activating group) is 1. The Bertz CT molecular complexity index is 385. The molecule has 21 heavy (non-hydrogen) atoms. The Morgan fingerprint density at radius 1 is 1.14 bits per heavy atom. The number of hydrogen-bond donors (Lipinski definition) is 1. The zero-order valence-electron chi connectivity index (χ0n) is 13.4. The van der Waals surface area contributed by atoms with Gasteiger partial charge in [-0.15, -0.1) is 0 Å².